The molecule has 2 N–H and O–H groups in total. The highest BCUT2D eigenvalue weighted by atomic mass is 16.3. The Morgan fingerprint density at radius 3 is 2.16 bits per heavy atom. The van der Waals surface area contributed by atoms with Crippen LogP contribution < -0.4 is 0 Å². The van der Waals surface area contributed by atoms with E-state index in [9.17, 15) is 10.2 Å². The van der Waals surface area contributed by atoms with Gasteiger partial charge in [-0.2, -0.15) is 0 Å². The van der Waals surface area contributed by atoms with E-state index in [4.69, 9.17) is 0 Å². The van der Waals surface area contributed by atoms with Crippen molar-refractivity contribution >= 4 is 0 Å². The first-order valence-electron chi connectivity index (χ1n) is 6.51. The second-order valence-corrected chi connectivity index (χ2v) is 5.27. The number of rotatable bonds is 4. The van der Waals surface area contributed by atoms with Crippen LogP contribution in [-0.4, -0.2) is 10.2 Å². The molecule has 0 aromatic heterocycles. The summed E-state index contributed by atoms with van der Waals surface area (Å²) in [5.74, 6) is 0. The van der Waals surface area contributed by atoms with Gasteiger partial charge in [0.15, 0.2) is 0 Å². The van der Waals surface area contributed by atoms with Crippen LogP contribution >= 0.6 is 0 Å². The van der Waals surface area contributed by atoms with Crippen molar-refractivity contribution < 1.29 is 10.2 Å². The van der Waals surface area contributed by atoms with Gasteiger partial charge >= 0.3 is 0 Å². The molecule has 0 saturated carbocycles. The Hall–Kier alpha value is -1.64. The SMILES string of the molecule is Cc1ccc(C(C)(O)CC(O)c2ccccc2)cc1. The number of aliphatic hydroxyl groups is 2. The van der Waals surface area contributed by atoms with E-state index in [2.05, 4.69) is 0 Å². The van der Waals surface area contributed by atoms with Crippen molar-refractivity contribution in [2.24, 2.45) is 0 Å². The molecule has 0 fully saturated rings. The van der Waals surface area contributed by atoms with Gasteiger partial charge in [0.05, 0.1) is 11.7 Å². The Kier molecular flexibility index (Phi) is 4.03. The molecule has 0 radical (unpaired) electrons. The summed E-state index contributed by atoms with van der Waals surface area (Å²) in [7, 11) is 0. The van der Waals surface area contributed by atoms with Crippen LogP contribution in [-0.2, 0) is 5.60 Å². The van der Waals surface area contributed by atoms with Gasteiger partial charge in [-0.3, -0.25) is 0 Å². The van der Waals surface area contributed by atoms with Gasteiger partial charge in [-0.1, -0.05) is 60.2 Å². The van der Waals surface area contributed by atoms with E-state index in [-0.39, 0.29) is 6.42 Å². The van der Waals surface area contributed by atoms with Gasteiger partial charge < -0.3 is 10.2 Å². The summed E-state index contributed by atoms with van der Waals surface area (Å²) in [5.41, 5.74) is 1.77. The molecule has 0 saturated heterocycles. The summed E-state index contributed by atoms with van der Waals surface area (Å²) in [4.78, 5) is 0. The van der Waals surface area contributed by atoms with Crippen molar-refractivity contribution in [3.8, 4) is 0 Å². The van der Waals surface area contributed by atoms with Crippen LogP contribution in [0.2, 0.25) is 0 Å². The fourth-order valence-electron chi connectivity index (χ4n) is 2.20. The molecule has 0 bridgehead atoms. The third-order valence-corrected chi connectivity index (χ3v) is 3.45. The predicted molar refractivity (Wildman–Crippen MR) is 76.8 cm³/mol. The Morgan fingerprint density at radius 2 is 1.58 bits per heavy atom. The fourth-order valence-corrected chi connectivity index (χ4v) is 2.20. The van der Waals surface area contributed by atoms with E-state index < -0.39 is 11.7 Å². The summed E-state index contributed by atoms with van der Waals surface area (Å²) in [6.45, 7) is 3.75. The highest BCUT2D eigenvalue weighted by Crippen LogP contribution is 2.31. The molecule has 0 aliphatic carbocycles. The lowest BCUT2D eigenvalue weighted by Crippen LogP contribution is -2.24. The molecule has 0 aliphatic heterocycles. The minimum atomic E-state index is -1.04. The summed E-state index contributed by atoms with van der Waals surface area (Å²) >= 11 is 0. The van der Waals surface area contributed by atoms with Crippen molar-refractivity contribution in [3.63, 3.8) is 0 Å². The number of benzene rings is 2. The number of aryl methyl sites for hydroxylation is 1. The molecule has 0 spiro atoms. The molecular formula is C17H20O2. The Morgan fingerprint density at radius 1 is 1.00 bits per heavy atom. The minimum absolute atomic E-state index is 0.278. The van der Waals surface area contributed by atoms with Crippen molar-refractivity contribution in [3.05, 3.63) is 71.3 Å². The molecule has 2 unspecified atom stereocenters. The highest BCUT2D eigenvalue weighted by Gasteiger charge is 2.27. The first kappa shape index (κ1) is 13.8. The maximum Gasteiger partial charge on any atom is 0.0896 e. The van der Waals surface area contributed by atoms with Gasteiger partial charge in [0.1, 0.15) is 0 Å². The van der Waals surface area contributed by atoms with Crippen molar-refractivity contribution in [2.45, 2.75) is 32.0 Å². The molecule has 2 aromatic carbocycles. The first-order valence-corrected chi connectivity index (χ1v) is 6.51. The van der Waals surface area contributed by atoms with Crippen LogP contribution in [0.3, 0.4) is 0 Å². The normalized spacial score (nSPS) is 15.8. The molecule has 2 rings (SSSR count). The van der Waals surface area contributed by atoms with Crippen LogP contribution in [0.4, 0.5) is 0 Å². The smallest absolute Gasteiger partial charge is 0.0896 e. The summed E-state index contributed by atoms with van der Waals surface area (Å²) in [6, 6.07) is 17.2. The lowest BCUT2D eigenvalue weighted by atomic mass is 9.87. The summed E-state index contributed by atoms with van der Waals surface area (Å²) < 4.78 is 0. The highest BCUT2D eigenvalue weighted by molar-refractivity contribution is 5.27. The van der Waals surface area contributed by atoms with E-state index in [0.29, 0.717) is 0 Å². The molecule has 0 aliphatic rings. The van der Waals surface area contributed by atoms with Crippen molar-refractivity contribution in [2.75, 3.05) is 0 Å². The van der Waals surface area contributed by atoms with Crippen molar-refractivity contribution in [1.82, 2.24) is 0 Å². The molecule has 19 heavy (non-hydrogen) atoms. The monoisotopic (exact) mass is 256 g/mol. The average molecular weight is 256 g/mol. The molecule has 100 valence electrons. The largest absolute Gasteiger partial charge is 0.388 e. The van der Waals surface area contributed by atoms with E-state index >= 15 is 0 Å². The molecule has 2 atom stereocenters. The van der Waals surface area contributed by atoms with Crippen LogP contribution in [0, 0.1) is 6.92 Å². The second kappa shape index (κ2) is 5.55. The Bertz CT molecular complexity index is 515. The zero-order valence-electron chi connectivity index (χ0n) is 11.4. The predicted octanol–water partition coefficient (Wildman–Crippen LogP) is 3.33. The standard InChI is InChI=1S/C17H20O2/c1-13-8-10-15(11-9-13)17(2,19)12-16(18)14-6-4-3-5-7-14/h3-11,16,18-19H,12H2,1-2H3. The zero-order chi connectivity index (χ0) is 13.9. The lowest BCUT2D eigenvalue weighted by Gasteiger charge is -2.27. The summed E-state index contributed by atoms with van der Waals surface area (Å²) in [5, 5.41) is 20.8. The fraction of sp³-hybridized carbons (Fsp3) is 0.294. The van der Waals surface area contributed by atoms with Crippen LogP contribution in [0.1, 0.15) is 36.1 Å². The number of hydrogen-bond acceptors (Lipinski definition) is 2. The van der Waals surface area contributed by atoms with E-state index in [0.717, 1.165) is 16.7 Å². The van der Waals surface area contributed by atoms with Gasteiger partial charge in [-0.25, -0.2) is 0 Å². The second-order valence-electron chi connectivity index (χ2n) is 5.27. The number of hydrogen-bond donors (Lipinski definition) is 2. The minimum Gasteiger partial charge on any atom is -0.388 e. The Balaban J connectivity index is 2.15. The molecule has 2 nitrogen and oxygen atoms in total. The van der Waals surface area contributed by atoms with E-state index in [1.165, 1.54) is 0 Å². The summed E-state index contributed by atoms with van der Waals surface area (Å²) in [6.07, 6.45) is -0.391. The third kappa shape index (κ3) is 3.43. The Labute approximate surface area is 114 Å². The molecule has 0 amide bonds. The lowest BCUT2D eigenvalue weighted by molar-refractivity contribution is -0.000765. The maximum atomic E-state index is 10.5. The van der Waals surface area contributed by atoms with Gasteiger partial charge in [-0.05, 0) is 25.0 Å². The van der Waals surface area contributed by atoms with Crippen LogP contribution in [0.25, 0.3) is 0 Å². The molecule has 2 heteroatoms. The maximum absolute atomic E-state index is 10.5. The van der Waals surface area contributed by atoms with E-state index in [1.807, 2.05) is 61.5 Å². The quantitative estimate of drug-likeness (QED) is 0.881. The average Bonchev–Trinajstić information content (AvgIpc) is 2.40. The van der Waals surface area contributed by atoms with Crippen molar-refractivity contribution in [1.29, 1.82) is 0 Å². The van der Waals surface area contributed by atoms with Gasteiger partial charge in [0, 0.05) is 6.42 Å². The van der Waals surface area contributed by atoms with Gasteiger partial charge in [0.2, 0.25) is 0 Å². The van der Waals surface area contributed by atoms with Gasteiger partial charge in [0.25, 0.3) is 0 Å². The van der Waals surface area contributed by atoms with Crippen LogP contribution in [0.15, 0.2) is 54.6 Å². The first-order chi connectivity index (χ1) is 8.99. The van der Waals surface area contributed by atoms with Crippen LogP contribution in [0.5, 0.6) is 0 Å². The molecular weight excluding hydrogens is 236 g/mol. The zero-order valence-corrected chi connectivity index (χ0v) is 11.4. The number of aliphatic hydroxyl groups excluding tert-OH is 1. The van der Waals surface area contributed by atoms with Gasteiger partial charge in [-0.15, -0.1) is 0 Å². The third-order valence-electron chi connectivity index (χ3n) is 3.45. The van der Waals surface area contributed by atoms with E-state index in [1.54, 1.807) is 6.92 Å². The molecule has 0 heterocycles. The topological polar surface area (TPSA) is 40.5 Å². The molecule has 2 aromatic rings.